The molecule has 2 aliphatic rings. The highest BCUT2D eigenvalue weighted by atomic mass is 16.5. The van der Waals surface area contributed by atoms with Crippen LogP contribution >= 0.6 is 0 Å². The Bertz CT molecular complexity index is 633. The van der Waals surface area contributed by atoms with E-state index < -0.39 is 0 Å². The SMILES string of the molecule is CC.COC1C/C1=C/C=C\CN1CCN(CCCCOc2ccccc2C)CC1. The lowest BCUT2D eigenvalue weighted by atomic mass is 10.2. The lowest BCUT2D eigenvalue weighted by molar-refractivity contribution is 0.139. The number of para-hydroxylation sites is 1. The minimum absolute atomic E-state index is 0.389. The minimum Gasteiger partial charge on any atom is -0.493 e. The Morgan fingerprint density at radius 1 is 1.03 bits per heavy atom. The zero-order valence-electron chi connectivity index (χ0n) is 18.9. The highest BCUT2D eigenvalue weighted by Gasteiger charge is 2.28. The largest absolute Gasteiger partial charge is 0.493 e. The summed E-state index contributed by atoms with van der Waals surface area (Å²) in [6.07, 6.45) is 10.5. The number of hydrogen-bond acceptors (Lipinski definition) is 4. The van der Waals surface area contributed by atoms with Crippen molar-refractivity contribution < 1.29 is 9.47 Å². The zero-order valence-corrected chi connectivity index (χ0v) is 18.9. The number of ether oxygens (including phenoxy) is 2. The summed E-state index contributed by atoms with van der Waals surface area (Å²) in [6, 6.07) is 8.25. The van der Waals surface area contributed by atoms with E-state index in [1.54, 1.807) is 7.11 Å². The molecule has 0 radical (unpaired) electrons. The molecule has 1 saturated heterocycles. The number of allylic oxidation sites excluding steroid dienone is 2. The third-order valence-electron chi connectivity index (χ3n) is 5.45. The van der Waals surface area contributed by atoms with Gasteiger partial charge in [0.2, 0.25) is 0 Å². The number of rotatable bonds is 10. The second kappa shape index (κ2) is 13.6. The van der Waals surface area contributed by atoms with Gasteiger partial charge in [0.1, 0.15) is 5.75 Å². The Kier molecular flexibility index (Phi) is 11.1. The fraction of sp³-hybridized carbons (Fsp3) is 0.600. The summed E-state index contributed by atoms with van der Waals surface area (Å²) in [5.41, 5.74) is 2.64. The third kappa shape index (κ3) is 8.73. The zero-order chi connectivity index (χ0) is 20.9. The Balaban J connectivity index is 0.00000145. The summed E-state index contributed by atoms with van der Waals surface area (Å²) >= 11 is 0. The van der Waals surface area contributed by atoms with Gasteiger partial charge in [-0.2, -0.15) is 0 Å². The van der Waals surface area contributed by atoms with E-state index >= 15 is 0 Å². The molecule has 1 aromatic carbocycles. The van der Waals surface area contributed by atoms with Crippen molar-refractivity contribution >= 4 is 0 Å². The van der Waals surface area contributed by atoms with Crippen LogP contribution in [0.4, 0.5) is 0 Å². The van der Waals surface area contributed by atoms with Crippen LogP contribution in [0.3, 0.4) is 0 Å². The molecular formula is C25H40N2O2. The van der Waals surface area contributed by atoms with Crippen LogP contribution in [-0.4, -0.2) is 68.9 Å². The van der Waals surface area contributed by atoms with Crippen LogP contribution < -0.4 is 4.74 Å². The molecule has 0 spiro atoms. The van der Waals surface area contributed by atoms with E-state index in [1.165, 1.54) is 50.3 Å². The second-order valence-corrected chi connectivity index (χ2v) is 7.56. The summed E-state index contributed by atoms with van der Waals surface area (Å²) in [5, 5.41) is 0. The number of hydrogen-bond donors (Lipinski definition) is 0. The molecule has 4 nitrogen and oxygen atoms in total. The van der Waals surface area contributed by atoms with Crippen molar-refractivity contribution in [2.45, 2.75) is 46.1 Å². The van der Waals surface area contributed by atoms with Gasteiger partial charge in [-0.3, -0.25) is 4.90 Å². The quantitative estimate of drug-likeness (QED) is 0.532. The summed E-state index contributed by atoms with van der Waals surface area (Å²) in [5.74, 6) is 1.02. The molecule has 0 aromatic heterocycles. The molecule has 162 valence electrons. The second-order valence-electron chi connectivity index (χ2n) is 7.56. The van der Waals surface area contributed by atoms with Crippen molar-refractivity contribution in [3.63, 3.8) is 0 Å². The molecule has 29 heavy (non-hydrogen) atoms. The van der Waals surface area contributed by atoms with Gasteiger partial charge in [0.25, 0.3) is 0 Å². The fourth-order valence-corrected chi connectivity index (χ4v) is 3.50. The highest BCUT2D eigenvalue weighted by molar-refractivity contribution is 5.31. The number of unbranched alkanes of at least 4 members (excludes halogenated alkanes) is 1. The number of nitrogens with zero attached hydrogens (tertiary/aromatic N) is 2. The third-order valence-corrected chi connectivity index (χ3v) is 5.45. The number of piperazine rings is 1. The first kappa shape index (κ1) is 23.7. The number of benzene rings is 1. The van der Waals surface area contributed by atoms with Crippen LogP contribution in [0.1, 0.15) is 38.7 Å². The number of methoxy groups -OCH3 is 1. The van der Waals surface area contributed by atoms with Crippen LogP contribution in [0.5, 0.6) is 5.75 Å². The van der Waals surface area contributed by atoms with Crippen molar-refractivity contribution in [2.24, 2.45) is 0 Å². The molecule has 1 heterocycles. The highest BCUT2D eigenvalue weighted by Crippen LogP contribution is 2.31. The molecule has 0 bridgehead atoms. The van der Waals surface area contributed by atoms with E-state index in [0.717, 1.165) is 31.7 Å². The van der Waals surface area contributed by atoms with Gasteiger partial charge in [0, 0.05) is 46.3 Å². The van der Waals surface area contributed by atoms with Gasteiger partial charge in [0.15, 0.2) is 0 Å². The molecule has 2 fully saturated rings. The van der Waals surface area contributed by atoms with Crippen molar-refractivity contribution in [3.8, 4) is 5.75 Å². The molecule has 1 saturated carbocycles. The first-order valence-electron chi connectivity index (χ1n) is 11.3. The molecule has 0 N–H and O–H groups in total. The van der Waals surface area contributed by atoms with Gasteiger partial charge < -0.3 is 14.4 Å². The predicted molar refractivity (Wildman–Crippen MR) is 123 cm³/mol. The van der Waals surface area contributed by atoms with Crippen molar-refractivity contribution in [2.75, 3.05) is 53.0 Å². The van der Waals surface area contributed by atoms with Gasteiger partial charge in [-0.15, -0.1) is 0 Å². The van der Waals surface area contributed by atoms with Gasteiger partial charge in [-0.25, -0.2) is 0 Å². The summed E-state index contributed by atoms with van der Waals surface area (Å²) in [6.45, 7) is 13.9. The molecule has 1 unspecified atom stereocenters. The lowest BCUT2D eigenvalue weighted by Crippen LogP contribution is -2.46. The molecular weight excluding hydrogens is 360 g/mol. The van der Waals surface area contributed by atoms with Gasteiger partial charge >= 0.3 is 0 Å². The maximum absolute atomic E-state index is 5.89. The first-order valence-corrected chi connectivity index (χ1v) is 11.3. The summed E-state index contributed by atoms with van der Waals surface area (Å²) in [4.78, 5) is 5.12. The van der Waals surface area contributed by atoms with E-state index in [1.807, 2.05) is 19.9 Å². The van der Waals surface area contributed by atoms with Gasteiger partial charge in [-0.1, -0.05) is 50.3 Å². The maximum Gasteiger partial charge on any atom is 0.122 e. The average molecular weight is 401 g/mol. The molecule has 1 atom stereocenters. The Morgan fingerprint density at radius 2 is 1.76 bits per heavy atom. The lowest BCUT2D eigenvalue weighted by Gasteiger charge is -2.34. The van der Waals surface area contributed by atoms with Crippen molar-refractivity contribution in [1.82, 2.24) is 9.80 Å². The van der Waals surface area contributed by atoms with Crippen LogP contribution in [0, 0.1) is 6.92 Å². The standard InChI is InChI=1S/C23H34N2O2.C2H6/c1-20-9-3-4-11-22(20)27-18-8-7-13-25-16-14-24(15-17-25)12-6-5-10-21-19-23(21)26-2;1-2/h3-6,9-11,23H,7-8,12-19H2,1-2H3;1-2H3/b6-5-,21-10-;. The van der Waals surface area contributed by atoms with Crippen LogP contribution in [0.15, 0.2) is 48.1 Å². The monoisotopic (exact) mass is 400 g/mol. The molecule has 4 heteroatoms. The van der Waals surface area contributed by atoms with Crippen LogP contribution in [0.25, 0.3) is 0 Å². The van der Waals surface area contributed by atoms with E-state index in [9.17, 15) is 0 Å². The molecule has 1 aliphatic heterocycles. The van der Waals surface area contributed by atoms with E-state index in [-0.39, 0.29) is 0 Å². The van der Waals surface area contributed by atoms with E-state index in [0.29, 0.717) is 6.10 Å². The normalized spacial score (nSPS) is 21.2. The Hall–Kier alpha value is -1.62. The Morgan fingerprint density at radius 3 is 2.45 bits per heavy atom. The van der Waals surface area contributed by atoms with Gasteiger partial charge in [-0.05, 0) is 43.5 Å². The topological polar surface area (TPSA) is 24.9 Å². The minimum atomic E-state index is 0.389. The molecule has 3 rings (SSSR count). The predicted octanol–water partition coefficient (Wildman–Crippen LogP) is 4.70. The van der Waals surface area contributed by atoms with Gasteiger partial charge in [0.05, 0.1) is 12.7 Å². The van der Waals surface area contributed by atoms with Crippen molar-refractivity contribution in [1.29, 1.82) is 0 Å². The maximum atomic E-state index is 5.89. The first-order chi connectivity index (χ1) is 14.3. The summed E-state index contributed by atoms with van der Waals surface area (Å²) < 4.78 is 11.2. The molecule has 0 amide bonds. The average Bonchev–Trinajstić information content (AvgIpc) is 3.53. The molecule has 1 aromatic rings. The fourth-order valence-electron chi connectivity index (χ4n) is 3.50. The Labute approximate surface area is 178 Å². The van der Waals surface area contributed by atoms with Crippen LogP contribution in [0.2, 0.25) is 0 Å². The smallest absolute Gasteiger partial charge is 0.122 e. The molecule has 1 aliphatic carbocycles. The van der Waals surface area contributed by atoms with E-state index in [2.05, 4.69) is 53.2 Å². The van der Waals surface area contributed by atoms with E-state index in [4.69, 9.17) is 9.47 Å². The van der Waals surface area contributed by atoms with Crippen molar-refractivity contribution in [3.05, 3.63) is 53.6 Å². The number of aryl methyl sites for hydroxylation is 1. The van der Waals surface area contributed by atoms with Crippen LogP contribution in [-0.2, 0) is 4.74 Å². The summed E-state index contributed by atoms with van der Waals surface area (Å²) in [7, 11) is 1.78.